The van der Waals surface area contributed by atoms with Crippen molar-refractivity contribution in [2.24, 2.45) is 0 Å². The molecule has 1 aromatic carbocycles. The smallest absolute Gasteiger partial charge is 0.317 e. The predicted molar refractivity (Wildman–Crippen MR) is 108 cm³/mol. The van der Waals surface area contributed by atoms with Gasteiger partial charge in [0.05, 0.1) is 5.69 Å². The lowest BCUT2D eigenvalue weighted by atomic mass is 9.96. The first-order valence-corrected chi connectivity index (χ1v) is 10.4. The van der Waals surface area contributed by atoms with Crippen molar-refractivity contribution in [3.63, 3.8) is 0 Å². The Kier molecular flexibility index (Phi) is 5.73. The van der Waals surface area contributed by atoms with E-state index in [0.717, 1.165) is 44.0 Å². The van der Waals surface area contributed by atoms with Gasteiger partial charge in [0.25, 0.3) is 0 Å². The zero-order chi connectivity index (χ0) is 19.3. The summed E-state index contributed by atoms with van der Waals surface area (Å²) in [5.74, 6) is 0.737. The van der Waals surface area contributed by atoms with Crippen LogP contribution in [0.2, 0.25) is 0 Å². The summed E-state index contributed by atoms with van der Waals surface area (Å²) in [6, 6.07) is 8.70. The molecule has 0 radical (unpaired) electrons. The van der Waals surface area contributed by atoms with E-state index in [2.05, 4.69) is 44.8 Å². The lowest BCUT2D eigenvalue weighted by molar-refractivity contribution is 0.186. The number of tetrazole rings is 1. The molecule has 2 amide bonds. The first-order chi connectivity index (χ1) is 13.7. The highest BCUT2D eigenvalue weighted by Gasteiger charge is 2.26. The minimum Gasteiger partial charge on any atom is -0.336 e. The molecule has 0 bridgehead atoms. The van der Waals surface area contributed by atoms with E-state index in [1.165, 1.54) is 24.8 Å². The summed E-state index contributed by atoms with van der Waals surface area (Å²) in [5, 5.41) is 15.5. The van der Waals surface area contributed by atoms with Crippen LogP contribution < -0.4 is 10.2 Å². The Hall–Kier alpha value is -2.64. The summed E-state index contributed by atoms with van der Waals surface area (Å²) in [4.78, 5) is 16.6. The van der Waals surface area contributed by atoms with Crippen LogP contribution in [0, 0.1) is 0 Å². The maximum Gasteiger partial charge on any atom is 0.317 e. The highest BCUT2D eigenvalue weighted by atomic mass is 16.2. The summed E-state index contributed by atoms with van der Waals surface area (Å²) in [6.45, 7) is 4.95. The van der Waals surface area contributed by atoms with Crippen molar-refractivity contribution in [3.05, 3.63) is 29.8 Å². The molecule has 2 aliphatic rings. The van der Waals surface area contributed by atoms with E-state index >= 15 is 0 Å². The zero-order valence-electron chi connectivity index (χ0n) is 16.5. The Labute approximate surface area is 165 Å². The Balaban J connectivity index is 1.38. The van der Waals surface area contributed by atoms with E-state index in [-0.39, 0.29) is 6.03 Å². The summed E-state index contributed by atoms with van der Waals surface area (Å²) < 4.78 is 1.79. The van der Waals surface area contributed by atoms with Crippen molar-refractivity contribution in [2.45, 2.75) is 51.5 Å². The molecule has 28 heavy (non-hydrogen) atoms. The average Bonchev–Trinajstić information content (AvgIpc) is 3.24. The number of carbonyl (C=O) groups is 1. The predicted octanol–water partition coefficient (Wildman–Crippen LogP) is 2.39. The highest BCUT2D eigenvalue weighted by Crippen LogP contribution is 2.20. The van der Waals surface area contributed by atoms with Gasteiger partial charge in [-0.25, -0.2) is 4.79 Å². The molecule has 1 saturated carbocycles. The second-order valence-corrected chi connectivity index (χ2v) is 7.67. The molecule has 8 nitrogen and oxygen atoms in total. The molecular weight excluding hydrogens is 354 g/mol. The number of hydrogen-bond donors (Lipinski definition) is 1. The van der Waals surface area contributed by atoms with Gasteiger partial charge in [-0.15, -0.1) is 0 Å². The normalized spacial score (nSPS) is 18.3. The Bertz CT molecular complexity index is 791. The zero-order valence-corrected chi connectivity index (χ0v) is 16.5. The maximum absolute atomic E-state index is 12.6. The van der Waals surface area contributed by atoms with Gasteiger partial charge in [-0.1, -0.05) is 43.4 Å². The molecule has 0 atom stereocenters. The molecule has 2 aromatic rings. The molecule has 1 aliphatic carbocycles. The van der Waals surface area contributed by atoms with E-state index in [9.17, 15) is 4.79 Å². The molecule has 2 fully saturated rings. The van der Waals surface area contributed by atoms with Gasteiger partial charge < -0.3 is 15.1 Å². The molecule has 1 saturated heterocycles. The average molecular weight is 384 g/mol. The SMILES string of the molecule is CCc1cccc(-n2nnnc2N2CCN(C(=O)NC3CCCCC3)CC2)c1. The van der Waals surface area contributed by atoms with Crippen LogP contribution in [-0.4, -0.2) is 63.4 Å². The minimum atomic E-state index is 0.0711. The summed E-state index contributed by atoms with van der Waals surface area (Å²) >= 11 is 0. The molecule has 2 heterocycles. The van der Waals surface area contributed by atoms with Gasteiger partial charge in [0.1, 0.15) is 0 Å². The number of nitrogens with zero attached hydrogens (tertiary/aromatic N) is 6. The van der Waals surface area contributed by atoms with Gasteiger partial charge in [-0.05, 0) is 47.4 Å². The second kappa shape index (κ2) is 8.58. The number of anilines is 1. The number of aryl methyl sites for hydroxylation is 1. The first kappa shape index (κ1) is 18.7. The van der Waals surface area contributed by atoms with E-state index < -0.39 is 0 Å². The quantitative estimate of drug-likeness (QED) is 0.877. The standard InChI is InChI=1S/C20H29N7O/c1-2-16-7-6-10-18(15-16)27-19(22-23-24-27)25-11-13-26(14-12-25)20(28)21-17-8-4-3-5-9-17/h6-7,10,15,17H,2-5,8-9,11-14H2,1H3,(H,21,28). The van der Waals surface area contributed by atoms with E-state index in [4.69, 9.17) is 0 Å². The van der Waals surface area contributed by atoms with Crippen LogP contribution in [-0.2, 0) is 6.42 Å². The van der Waals surface area contributed by atoms with Crippen LogP contribution in [0.5, 0.6) is 0 Å². The molecular formula is C20H29N7O. The number of hydrogen-bond acceptors (Lipinski definition) is 5. The largest absolute Gasteiger partial charge is 0.336 e. The molecule has 4 rings (SSSR count). The Morgan fingerprint density at radius 2 is 1.93 bits per heavy atom. The van der Waals surface area contributed by atoms with Gasteiger partial charge in [-0.3, -0.25) is 0 Å². The fourth-order valence-corrected chi connectivity index (χ4v) is 4.08. The van der Waals surface area contributed by atoms with Crippen molar-refractivity contribution in [3.8, 4) is 5.69 Å². The monoisotopic (exact) mass is 383 g/mol. The van der Waals surface area contributed by atoms with Gasteiger partial charge in [0.15, 0.2) is 0 Å². The van der Waals surface area contributed by atoms with Crippen LogP contribution in [0.1, 0.15) is 44.6 Å². The van der Waals surface area contributed by atoms with Crippen molar-refractivity contribution in [1.29, 1.82) is 0 Å². The lowest BCUT2D eigenvalue weighted by Crippen LogP contribution is -2.54. The number of carbonyl (C=O) groups excluding carboxylic acids is 1. The fraction of sp³-hybridized carbons (Fsp3) is 0.600. The number of urea groups is 1. The minimum absolute atomic E-state index is 0.0711. The van der Waals surface area contributed by atoms with Crippen molar-refractivity contribution in [1.82, 2.24) is 30.4 Å². The van der Waals surface area contributed by atoms with Gasteiger partial charge in [0.2, 0.25) is 5.95 Å². The van der Waals surface area contributed by atoms with Crippen molar-refractivity contribution >= 4 is 12.0 Å². The van der Waals surface area contributed by atoms with Crippen LogP contribution in [0.3, 0.4) is 0 Å². The number of rotatable bonds is 4. The number of aromatic nitrogens is 4. The van der Waals surface area contributed by atoms with Crippen LogP contribution in [0.15, 0.2) is 24.3 Å². The molecule has 0 spiro atoms. The number of nitrogens with one attached hydrogen (secondary N) is 1. The number of piperazine rings is 1. The Morgan fingerprint density at radius 3 is 2.68 bits per heavy atom. The fourth-order valence-electron chi connectivity index (χ4n) is 4.08. The van der Waals surface area contributed by atoms with Gasteiger partial charge in [0, 0.05) is 32.2 Å². The van der Waals surface area contributed by atoms with E-state index in [1.807, 2.05) is 17.0 Å². The number of amides is 2. The third-order valence-electron chi connectivity index (χ3n) is 5.80. The lowest BCUT2D eigenvalue weighted by Gasteiger charge is -2.36. The van der Waals surface area contributed by atoms with Crippen molar-refractivity contribution in [2.75, 3.05) is 31.1 Å². The molecule has 1 aliphatic heterocycles. The van der Waals surface area contributed by atoms with Crippen LogP contribution >= 0.6 is 0 Å². The molecule has 0 unspecified atom stereocenters. The third-order valence-corrected chi connectivity index (χ3v) is 5.80. The van der Waals surface area contributed by atoms with E-state index in [1.54, 1.807) is 4.68 Å². The second-order valence-electron chi connectivity index (χ2n) is 7.67. The molecule has 1 N–H and O–H groups in total. The summed E-state index contributed by atoms with van der Waals surface area (Å²) in [6.07, 6.45) is 6.93. The molecule has 8 heteroatoms. The van der Waals surface area contributed by atoms with Crippen LogP contribution in [0.4, 0.5) is 10.7 Å². The van der Waals surface area contributed by atoms with Crippen LogP contribution in [0.25, 0.3) is 5.69 Å². The summed E-state index contributed by atoms with van der Waals surface area (Å²) in [7, 11) is 0. The van der Waals surface area contributed by atoms with Gasteiger partial charge in [-0.2, -0.15) is 4.68 Å². The van der Waals surface area contributed by atoms with E-state index in [0.29, 0.717) is 19.1 Å². The molecule has 1 aromatic heterocycles. The number of benzene rings is 1. The third kappa shape index (κ3) is 4.10. The topological polar surface area (TPSA) is 79.2 Å². The highest BCUT2D eigenvalue weighted by molar-refractivity contribution is 5.74. The summed E-state index contributed by atoms with van der Waals surface area (Å²) in [5.41, 5.74) is 2.22. The first-order valence-electron chi connectivity index (χ1n) is 10.4. The maximum atomic E-state index is 12.6. The Morgan fingerprint density at radius 1 is 1.14 bits per heavy atom. The van der Waals surface area contributed by atoms with Crippen molar-refractivity contribution < 1.29 is 4.79 Å². The van der Waals surface area contributed by atoms with Gasteiger partial charge >= 0.3 is 6.03 Å². The molecule has 150 valence electrons.